The minimum absolute atomic E-state index is 0.00194. The minimum Gasteiger partial charge on any atom is -0.444 e. The van der Waals surface area contributed by atoms with Crippen LogP contribution in [0.1, 0.15) is 27.7 Å². The molecule has 1 saturated heterocycles. The maximum Gasteiger partial charge on any atom is 0.410 e. The summed E-state index contributed by atoms with van der Waals surface area (Å²) in [5, 5.41) is 3.35. The molecule has 0 aromatic carbocycles. The Balaban J connectivity index is 2.51. The van der Waals surface area contributed by atoms with Crippen molar-refractivity contribution in [3.63, 3.8) is 0 Å². The van der Waals surface area contributed by atoms with Gasteiger partial charge in [0.2, 0.25) is 0 Å². The van der Waals surface area contributed by atoms with E-state index in [1.54, 1.807) is 12.0 Å². The van der Waals surface area contributed by atoms with E-state index in [-0.39, 0.29) is 18.2 Å². The summed E-state index contributed by atoms with van der Waals surface area (Å²) in [5.41, 5.74) is -0.475. The van der Waals surface area contributed by atoms with E-state index in [1.807, 2.05) is 27.7 Å². The van der Waals surface area contributed by atoms with Crippen molar-refractivity contribution in [2.75, 3.05) is 40.0 Å². The molecule has 0 radical (unpaired) electrons. The monoisotopic (exact) mass is 288 g/mol. The van der Waals surface area contributed by atoms with Gasteiger partial charge in [-0.2, -0.15) is 0 Å². The lowest BCUT2D eigenvalue weighted by molar-refractivity contribution is -0.0324. The van der Waals surface area contributed by atoms with E-state index < -0.39 is 5.60 Å². The van der Waals surface area contributed by atoms with Gasteiger partial charge in [0, 0.05) is 26.2 Å². The van der Waals surface area contributed by atoms with Gasteiger partial charge in [0.15, 0.2) is 0 Å². The van der Waals surface area contributed by atoms with E-state index in [2.05, 4.69) is 5.32 Å². The minimum atomic E-state index is -0.475. The first-order valence-electron chi connectivity index (χ1n) is 7.13. The van der Waals surface area contributed by atoms with Crippen molar-refractivity contribution < 1.29 is 19.0 Å². The normalized spacial score (nSPS) is 21.6. The number of nitrogens with zero attached hydrogens (tertiary/aromatic N) is 1. The van der Waals surface area contributed by atoms with Crippen LogP contribution in [-0.2, 0) is 14.2 Å². The first-order chi connectivity index (χ1) is 9.33. The molecular weight excluding hydrogens is 260 g/mol. The van der Waals surface area contributed by atoms with Gasteiger partial charge in [0.05, 0.1) is 25.9 Å². The molecular formula is C14H28N2O4. The second-order valence-corrected chi connectivity index (χ2v) is 6.17. The third kappa shape index (κ3) is 6.07. The zero-order chi connectivity index (χ0) is 15.2. The molecule has 6 heteroatoms. The molecule has 1 heterocycles. The van der Waals surface area contributed by atoms with Crippen LogP contribution >= 0.6 is 0 Å². The Bertz CT molecular complexity index is 304. The summed E-state index contributed by atoms with van der Waals surface area (Å²) in [6.07, 6.45) is -0.271. The molecule has 0 saturated carbocycles. The summed E-state index contributed by atoms with van der Waals surface area (Å²) in [6.45, 7) is 10.6. The molecule has 2 atom stereocenters. The van der Waals surface area contributed by atoms with Crippen molar-refractivity contribution in [1.82, 2.24) is 10.2 Å². The summed E-state index contributed by atoms with van der Waals surface area (Å²) in [7, 11) is 1.68. The van der Waals surface area contributed by atoms with E-state index in [0.29, 0.717) is 32.9 Å². The Hall–Kier alpha value is -0.850. The molecule has 1 aliphatic heterocycles. The van der Waals surface area contributed by atoms with E-state index >= 15 is 0 Å². The van der Waals surface area contributed by atoms with E-state index in [0.717, 1.165) is 0 Å². The van der Waals surface area contributed by atoms with Crippen molar-refractivity contribution in [3.05, 3.63) is 0 Å². The number of morpholine rings is 1. The van der Waals surface area contributed by atoms with Crippen LogP contribution in [0.15, 0.2) is 0 Å². The Morgan fingerprint density at radius 1 is 1.50 bits per heavy atom. The summed E-state index contributed by atoms with van der Waals surface area (Å²) in [6, 6.07) is 0.236. The molecule has 0 aliphatic carbocycles. The van der Waals surface area contributed by atoms with Crippen molar-refractivity contribution in [2.45, 2.75) is 45.4 Å². The highest BCUT2D eigenvalue weighted by molar-refractivity contribution is 5.68. The zero-order valence-electron chi connectivity index (χ0n) is 13.3. The lowest BCUT2D eigenvalue weighted by Crippen LogP contribution is -2.55. The molecule has 0 bridgehead atoms. The number of hydrogen-bond acceptors (Lipinski definition) is 5. The summed E-state index contributed by atoms with van der Waals surface area (Å²) >= 11 is 0. The van der Waals surface area contributed by atoms with Gasteiger partial charge >= 0.3 is 6.09 Å². The van der Waals surface area contributed by atoms with E-state index in [1.165, 1.54) is 0 Å². The second-order valence-electron chi connectivity index (χ2n) is 6.17. The van der Waals surface area contributed by atoms with Gasteiger partial charge in [-0.05, 0) is 27.7 Å². The number of nitrogens with one attached hydrogen (secondary N) is 1. The van der Waals surface area contributed by atoms with Crippen molar-refractivity contribution in [2.24, 2.45) is 0 Å². The van der Waals surface area contributed by atoms with Gasteiger partial charge in [-0.3, -0.25) is 4.90 Å². The molecule has 118 valence electrons. The fraction of sp³-hybridized carbons (Fsp3) is 0.929. The highest BCUT2D eigenvalue weighted by Gasteiger charge is 2.30. The molecule has 1 amide bonds. The molecule has 1 aliphatic rings. The summed E-state index contributed by atoms with van der Waals surface area (Å²) in [4.78, 5) is 13.9. The number of hydrogen-bond donors (Lipinski definition) is 1. The van der Waals surface area contributed by atoms with Crippen LogP contribution in [0.25, 0.3) is 0 Å². The third-order valence-corrected chi connectivity index (χ3v) is 2.97. The lowest BCUT2D eigenvalue weighted by atomic mass is 10.2. The lowest BCUT2D eigenvalue weighted by Gasteiger charge is -2.37. The SMILES string of the molecule is COCC(C)NCC1COCCN1C(=O)OC(C)(C)C. The zero-order valence-corrected chi connectivity index (χ0v) is 13.3. The van der Waals surface area contributed by atoms with Crippen molar-refractivity contribution in [3.8, 4) is 0 Å². The van der Waals surface area contributed by atoms with Gasteiger partial charge in [-0.1, -0.05) is 0 Å². The Kier molecular flexibility index (Phi) is 6.71. The molecule has 0 aromatic heterocycles. The fourth-order valence-electron chi connectivity index (χ4n) is 2.03. The number of rotatable bonds is 5. The number of carbonyl (C=O) groups excluding carboxylic acids is 1. The van der Waals surface area contributed by atoms with Gasteiger partial charge < -0.3 is 19.5 Å². The highest BCUT2D eigenvalue weighted by Crippen LogP contribution is 2.14. The van der Waals surface area contributed by atoms with Crippen LogP contribution in [0.5, 0.6) is 0 Å². The summed E-state index contributed by atoms with van der Waals surface area (Å²) < 4.78 is 16.0. The Morgan fingerprint density at radius 2 is 2.20 bits per heavy atom. The van der Waals surface area contributed by atoms with Crippen LogP contribution in [-0.4, -0.2) is 68.7 Å². The molecule has 0 aromatic rings. The smallest absolute Gasteiger partial charge is 0.410 e. The van der Waals surface area contributed by atoms with Crippen LogP contribution in [0.4, 0.5) is 4.79 Å². The maximum atomic E-state index is 12.2. The first-order valence-corrected chi connectivity index (χ1v) is 7.13. The second kappa shape index (κ2) is 7.81. The van der Waals surface area contributed by atoms with E-state index in [4.69, 9.17) is 14.2 Å². The molecule has 2 unspecified atom stereocenters. The number of amides is 1. The van der Waals surface area contributed by atoms with Crippen LogP contribution < -0.4 is 5.32 Å². The Morgan fingerprint density at radius 3 is 2.80 bits per heavy atom. The van der Waals surface area contributed by atoms with Gasteiger partial charge in [0.25, 0.3) is 0 Å². The average molecular weight is 288 g/mol. The topological polar surface area (TPSA) is 60.0 Å². The summed E-state index contributed by atoms with van der Waals surface area (Å²) in [5.74, 6) is 0. The molecule has 1 fully saturated rings. The molecule has 1 rings (SSSR count). The van der Waals surface area contributed by atoms with Crippen LogP contribution in [0.2, 0.25) is 0 Å². The third-order valence-electron chi connectivity index (χ3n) is 2.97. The van der Waals surface area contributed by atoms with Crippen molar-refractivity contribution >= 4 is 6.09 Å². The Labute approximate surface area is 121 Å². The number of carbonyl (C=O) groups is 1. The van der Waals surface area contributed by atoms with E-state index in [9.17, 15) is 4.79 Å². The fourth-order valence-corrected chi connectivity index (χ4v) is 2.03. The van der Waals surface area contributed by atoms with Gasteiger partial charge in [-0.25, -0.2) is 4.79 Å². The predicted octanol–water partition coefficient (Wildman–Crippen LogP) is 1.25. The molecule has 20 heavy (non-hydrogen) atoms. The quantitative estimate of drug-likeness (QED) is 0.825. The maximum absolute atomic E-state index is 12.2. The van der Waals surface area contributed by atoms with Gasteiger partial charge in [-0.15, -0.1) is 0 Å². The van der Waals surface area contributed by atoms with Crippen molar-refractivity contribution in [1.29, 1.82) is 0 Å². The largest absolute Gasteiger partial charge is 0.444 e. The van der Waals surface area contributed by atoms with Crippen LogP contribution in [0.3, 0.4) is 0 Å². The molecule has 1 N–H and O–H groups in total. The molecule has 6 nitrogen and oxygen atoms in total. The molecule has 0 spiro atoms. The standard InChI is InChI=1S/C14H28N2O4/c1-11(9-18-5)15-8-12-10-19-7-6-16(12)13(17)20-14(2,3)4/h11-12,15H,6-10H2,1-5H3. The van der Waals surface area contributed by atoms with Gasteiger partial charge in [0.1, 0.15) is 5.60 Å². The highest BCUT2D eigenvalue weighted by atomic mass is 16.6. The van der Waals surface area contributed by atoms with Crippen LogP contribution in [0, 0.1) is 0 Å². The predicted molar refractivity (Wildman–Crippen MR) is 76.9 cm³/mol. The first kappa shape index (κ1) is 17.2. The number of methoxy groups -OCH3 is 1. The average Bonchev–Trinajstić information content (AvgIpc) is 2.35. The number of ether oxygens (including phenoxy) is 3.